The van der Waals surface area contributed by atoms with E-state index in [4.69, 9.17) is 16.3 Å². The van der Waals surface area contributed by atoms with Crippen LogP contribution in [-0.2, 0) is 23.0 Å². The third-order valence-corrected chi connectivity index (χ3v) is 5.06. The van der Waals surface area contributed by atoms with E-state index < -0.39 is 5.97 Å². The number of hydrogen-bond acceptors (Lipinski definition) is 4. The molecule has 3 rings (SSSR count). The van der Waals surface area contributed by atoms with Gasteiger partial charge in [-0.15, -0.1) is 0 Å². The summed E-state index contributed by atoms with van der Waals surface area (Å²) in [6.45, 7) is 3.63. The minimum Gasteiger partial charge on any atom is -0.481 e. The van der Waals surface area contributed by atoms with Gasteiger partial charge in [0.15, 0.2) is 6.61 Å². The molecule has 0 saturated carbocycles. The molecule has 0 unspecified atom stereocenters. The monoisotopic (exact) mass is 399 g/mol. The lowest BCUT2D eigenvalue weighted by Crippen LogP contribution is -2.24. The van der Waals surface area contributed by atoms with E-state index in [1.165, 1.54) is 7.11 Å². The Labute approximate surface area is 168 Å². The van der Waals surface area contributed by atoms with Crippen LogP contribution in [0.2, 0.25) is 5.02 Å². The molecule has 1 heterocycles. The Morgan fingerprint density at radius 2 is 1.93 bits per heavy atom. The van der Waals surface area contributed by atoms with Gasteiger partial charge in [-0.25, -0.2) is 4.79 Å². The molecule has 0 fully saturated rings. The van der Waals surface area contributed by atoms with Crippen LogP contribution in [0, 0.1) is 13.8 Å². The summed E-state index contributed by atoms with van der Waals surface area (Å²) < 4.78 is 12.0. The zero-order chi connectivity index (χ0) is 20.4. The summed E-state index contributed by atoms with van der Waals surface area (Å²) in [5.41, 5.74) is 4.09. The number of rotatable bonds is 5. The number of carbonyl (C=O) groups is 1. The second-order valence-electron chi connectivity index (χ2n) is 6.80. The fraction of sp³-hybridized carbons (Fsp3) is 0.273. The first-order valence-electron chi connectivity index (χ1n) is 8.88. The second kappa shape index (κ2) is 8.07. The average molecular weight is 400 g/mol. The summed E-state index contributed by atoms with van der Waals surface area (Å²) in [7, 11) is 3.06. The van der Waals surface area contributed by atoms with Gasteiger partial charge in [-0.1, -0.05) is 23.7 Å². The molecule has 0 amide bonds. The van der Waals surface area contributed by atoms with Crippen molar-refractivity contribution in [2.45, 2.75) is 20.3 Å². The largest absolute Gasteiger partial charge is 0.481 e. The first kappa shape index (κ1) is 20.0. The van der Waals surface area contributed by atoms with Crippen LogP contribution in [-0.4, -0.2) is 24.3 Å². The van der Waals surface area contributed by atoms with Gasteiger partial charge in [-0.3, -0.25) is 4.79 Å². The van der Waals surface area contributed by atoms with E-state index in [1.54, 1.807) is 17.7 Å². The Morgan fingerprint density at radius 3 is 2.61 bits per heavy atom. The molecule has 1 aromatic heterocycles. The van der Waals surface area contributed by atoms with Crippen LogP contribution in [0.15, 0.2) is 41.2 Å². The number of hydrogen-bond donors (Lipinski definition) is 0. The zero-order valence-electron chi connectivity index (χ0n) is 16.3. The average Bonchev–Trinajstić information content (AvgIpc) is 2.67. The Kier molecular flexibility index (Phi) is 5.75. The number of aromatic nitrogens is 1. The van der Waals surface area contributed by atoms with Crippen molar-refractivity contribution in [1.29, 1.82) is 0 Å². The first-order chi connectivity index (χ1) is 13.3. The van der Waals surface area contributed by atoms with Crippen molar-refractivity contribution in [2.75, 3.05) is 13.7 Å². The number of esters is 1. The molecule has 2 aromatic carbocycles. The van der Waals surface area contributed by atoms with Crippen molar-refractivity contribution in [2.24, 2.45) is 7.05 Å². The van der Waals surface area contributed by atoms with Crippen molar-refractivity contribution < 1.29 is 14.3 Å². The summed E-state index contributed by atoms with van der Waals surface area (Å²) >= 11 is 6.10. The Morgan fingerprint density at radius 1 is 1.18 bits per heavy atom. The van der Waals surface area contributed by atoms with Crippen molar-refractivity contribution in [1.82, 2.24) is 4.57 Å². The maximum Gasteiger partial charge on any atom is 0.343 e. The molecular formula is C22H22ClNO4. The fourth-order valence-corrected chi connectivity index (χ4v) is 3.58. The molecule has 0 saturated heterocycles. The number of ether oxygens (including phenoxy) is 2. The number of pyridine rings is 1. The highest BCUT2D eigenvalue weighted by molar-refractivity contribution is 6.30. The normalized spacial score (nSPS) is 10.9. The Hall–Kier alpha value is -2.79. The van der Waals surface area contributed by atoms with E-state index in [0.717, 1.165) is 27.6 Å². The molecule has 0 aliphatic heterocycles. The smallest absolute Gasteiger partial charge is 0.343 e. The van der Waals surface area contributed by atoms with Crippen LogP contribution in [0.5, 0.6) is 5.75 Å². The van der Waals surface area contributed by atoms with E-state index >= 15 is 0 Å². The molecule has 0 radical (unpaired) electrons. The predicted octanol–water partition coefficient (Wildman–Crippen LogP) is 3.95. The number of halogens is 1. The third-order valence-electron chi connectivity index (χ3n) is 4.82. The summed E-state index contributed by atoms with van der Waals surface area (Å²) in [6.07, 6.45) is 0.458. The maximum absolute atomic E-state index is 13.0. The quantitative estimate of drug-likeness (QED) is 0.609. The van der Waals surface area contributed by atoms with Gasteiger partial charge in [0.05, 0.1) is 12.6 Å². The van der Waals surface area contributed by atoms with Crippen LogP contribution in [0.25, 0.3) is 10.9 Å². The molecule has 0 atom stereocenters. The van der Waals surface area contributed by atoms with Gasteiger partial charge >= 0.3 is 5.97 Å². The van der Waals surface area contributed by atoms with Crippen molar-refractivity contribution in [3.63, 3.8) is 0 Å². The Bertz CT molecular complexity index is 1120. The van der Waals surface area contributed by atoms with Gasteiger partial charge in [-0.05, 0) is 54.8 Å². The third kappa shape index (κ3) is 3.90. The number of carbonyl (C=O) groups excluding carboxylic acids is 1. The van der Waals surface area contributed by atoms with Gasteiger partial charge in [0.25, 0.3) is 5.56 Å². The molecule has 28 heavy (non-hydrogen) atoms. The minimum atomic E-state index is -0.462. The lowest BCUT2D eigenvalue weighted by molar-refractivity contribution is -0.142. The molecule has 0 bridgehead atoms. The maximum atomic E-state index is 13.0. The lowest BCUT2D eigenvalue weighted by Gasteiger charge is -2.17. The highest BCUT2D eigenvalue weighted by atomic mass is 35.5. The van der Waals surface area contributed by atoms with Gasteiger partial charge < -0.3 is 14.0 Å². The van der Waals surface area contributed by atoms with Crippen LogP contribution >= 0.6 is 11.6 Å². The molecule has 3 aromatic rings. The molecule has 0 spiro atoms. The number of methoxy groups -OCH3 is 1. The van der Waals surface area contributed by atoms with Crippen molar-refractivity contribution in [3.8, 4) is 5.75 Å². The molecule has 0 aliphatic carbocycles. The topological polar surface area (TPSA) is 57.5 Å². The summed E-state index contributed by atoms with van der Waals surface area (Å²) in [6, 6.07) is 11.3. The predicted molar refractivity (Wildman–Crippen MR) is 110 cm³/mol. The Balaban J connectivity index is 2.19. The second-order valence-corrected chi connectivity index (χ2v) is 7.23. The number of aryl methyl sites for hydroxylation is 3. The van der Waals surface area contributed by atoms with Crippen molar-refractivity contribution in [3.05, 3.63) is 74.0 Å². The van der Waals surface area contributed by atoms with Crippen LogP contribution in [0.4, 0.5) is 0 Å². The van der Waals surface area contributed by atoms with Crippen LogP contribution in [0.1, 0.15) is 22.3 Å². The summed E-state index contributed by atoms with van der Waals surface area (Å²) in [5.74, 6) is 0.0946. The van der Waals surface area contributed by atoms with Crippen LogP contribution in [0.3, 0.4) is 0 Å². The van der Waals surface area contributed by atoms with E-state index in [0.29, 0.717) is 22.8 Å². The number of fused-ring (bicyclic) bond motifs is 1. The lowest BCUT2D eigenvalue weighted by atomic mass is 9.97. The SMILES string of the molecule is COC(=O)COc1cc(C)cc2c1c(C)c(Cc1cccc(Cl)c1)c(=O)n2C. The highest BCUT2D eigenvalue weighted by Crippen LogP contribution is 2.31. The molecule has 6 heteroatoms. The molecule has 146 valence electrons. The van der Waals surface area contributed by atoms with Gasteiger partial charge in [0, 0.05) is 29.4 Å². The minimum absolute atomic E-state index is 0.0607. The van der Waals surface area contributed by atoms with Crippen molar-refractivity contribution >= 4 is 28.5 Å². The molecule has 0 N–H and O–H groups in total. The summed E-state index contributed by atoms with van der Waals surface area (Å²) in [4.78, 5) is 24.6. The molecule has 0 aliphatic rings. The van der Waals surface area contributed by atoms with Gasteiger partial charge in [0.2, 0.25) is 0 Å². The zero-order valence-corrected chi connectivity index (χ0v) is 17.1. The van der Waals surface area contributed by atoms with E-state index in [9.17, 15) is 9.59 Å². The fourth-order valence-electron chi connectivity index (χ4n) is 3.37. The highest BCUT2D eigenvalue weighted by Gasteiger charge is 2.17. The standard InChI is InChI=1S/C22H22ClNO4/c1-13-8-18-21(19(9-13)28-12-20(25)27-4)14(2)17(22(26)24(18)3)11-15-6-5-7-16(23)10-15/h5-10H,11-12H2,1-4H3. The van der Waals surface area contributed by atoms with E-state index in [2.05, 4.69) is 4.74 Å². The van der Waals surface area contributed by atoms with Gasteiger partial charge in [-0.2, -0.15) is 0 Å². The van der Waals surface area contributed by atoms with Gasteiger partial charge in [0.1, 0.15) is 5.75 Å². The molecular weight excluding hydrogens is 378 g/mol. The number of nitrogens with zero attached hydrogens (tertiary/aromatic N) is 1. The first-order valence-corrected chi connectivity index (χ1v) is 9.26. The van der Waals surface area contributed by atoms with E-state index in [1.807, 2.05) is 44.2 Å². The number of benzene rings is 2. The van der Waals surface area contributed by atoms with Crippen LogP contribution < -0.4 is 10.3 Å². The molecule has 5 nitrogen and oxygen atoms in total. The van der Waals surface area contributed by atoms with E-state index in [-0.39, 0.29) is 12.2 Å². The summed E-state index contributed by atoms with van der Waals surface area (Å²) in [5, 5.41) is 1.44.